The second-order valence-corrected chi connectivity index (χ2v) is 6.93. The second kappa shape index (κ2) is 9.20. The third-order valence-electron chi connectivity index (χ3n) is 4.89. The molecular formula is C25H18FN3O3. The van der Waals surface area contributed by atoms with Crippen LogP contribution in [0.5, 0.6) is 0 Å². The number of nitrogens with two attached hydrogens (primary N) is 1. The van der Waals surface area contributed by atoms with Gasteiger partial charge in [0.2, 0.25) is 0 Å². The molecule has 0 saturated carbocycles. The summed E-state index contributed by atoms with van der Waals surface area (Å²) in [5.41, 5.74) is 2.99. The van der Waals surface area contributed by atoms with Crippen molar-refractivity contribution in [3.8, 4) is 22.3 Å². The average molecular weight is 427 g/mol. The van der Waals surface area contributed by atoms with Gasteiger partial charge in [0.15, 0.2) is 0 Å². The number of carbonyl (C=O) groups is 2. The van der Waals surface area contributed by atoms with Crippen molar-refractivity contribution in [1.29, 1.82) is 0 Å². The van der Waals surface area contributed by atoms with Gasteiger partial charge in [0.1, 0.15) is 5.82 Å². The molecule has 158 valence electrons. The summed E-state index contributed by atoms with van der Waals surface area (Å²) in [4.78, 5) is 33.5. The molecule has 4 rings (SSSR count). The molecule has 0 aliphatic heterocycles. The molecule has 1 aromatic heterocycles. The van der Waals surface area contributed by atoms with E-state index in [2.05, 4.69) is 15.1 Å². The van der Waals surface area contributed by atoms with Crippen molar-refractivity contribution in [2.24, 2.45) is 5.90 Å². The number of rotatable bonds is 5. The number of anilines is 1. The van der Waals surface area contributed by atoms with Gasteiger partial charge in [-0.15, -0.1) is 0 Å². The minimum Gasteiger partial charge on any atom is -0.370 e. The lowest BCUT2D eigenvalue weighted by atomic mass is 10.0. The quantitative estimate of drug-likeness (QED) is 0.445. The maximum absolute atomic E-state index is 14.1. The van der Waals surface area contributed by atoms with Gasteiger partial charge in [-0.25, -0.2) is 9.18 Å². The summed E-state index contributed by atoms with van der Waals surface area (Å²) in [6.45, 7) is 0. The van der Waals surface area contributed by atoms with Crippen LogP contribution in [0.1, 0.15) is 20.7 Å². The van der Waals surface area contributed by atoms with E-state index < -0.39 is 17.7 Å². The first-order valence-electron chi connectivity index (χ1n) is 9.68. The molecule has 0 unspecified atom stereocenters. The van der Waals surface area contributed by atoms with Crippen molar-refractivity contribution >= 4 is 17.6 Å². The Hall–Kier alpha value is -4.36. The Morgan fingerprint density at radius 3 is 2.34 bits per heavy atom. The van der Waals surface area contributed by atoms with E-state index in [1.807, 2.05) is 30.3 Å². The zero-order valence-electron chi connectivity index (χ0n) is 16.8. The highest BCUT2D eigenvalue weighted by Gasteiger charge is 2.17. The van der Waals surface area contributed by atoms with Gasteiger partial charge in [-0.1, -0.05) is 54.6 Å². The van der Waals surface area contributed by atoms with Gasteiger partial charge >= 0.3 is 5.97 Å². The molecule has 1 heterocycles. The van der Waals surface area contributed by atoms with Crippen LogP contribution in [0.15, 0.2) is 91.3 Å². The van der Waals surface area contributed by atoms with Gasteiger partial charge < -0.3 is 10.2 Å². The summed E-state index contributed by atoms with van der Waals surface area (Å²) in [5, 5.41) is 2.72. The molecule has 3 aromatic carbocycles. The minimum atomic E-state index is -0.793. The lowest BCUT2D eigenvalue weighted by molar-refractivity contribution is 0.0504. The van der Waals surface area contributed by atoms with Crippen LogP contribution in [0, 0.1) is 5.82 Å². The molecule has 6 nitrogen and oxygen atoms in total. The van der Waals surface area contributed by atoms with Crippen molar-refractivity contribution in [2.75, 3.05) is 5.32 Å². The fourth-order valence-corrected chi connectivity index (χ4v) is 3.30. The number of amides is 1. The zero-order valence-corrected chi connectivity index (χ0v) is 16.8. The highest BCUT2D eigenvalue weighted by Crippen LogP contribution is 2.27. The minimum absolute atomic E-state index is 0.0961. The van der Waals surface area contributed by atoms with Gasteiger partial charge in [-0.2, -0.15) is 5.90 Å². The molecule has 4 aromatic rings. The molecule has 0 radical (unpaired) electrons. The van der Waals surface area contributed by atoms with Crippen LogP contribution in [0.2, 0.25) is 0 Å². The number of pyridine rings is 1. The molecule has 7 heteroatoms. The maximum Gasteiger partial charge on any atom is 0.358 e. The summed E-state index contributed by atoms with van der Waals surface area (Å²) in [6, 6.07) is 22.1. The summed E-state index contributed by atoms with van der Waals surface area (Å²) < 4.78 is 14.1. The zero-order chi connectivity index (χ0) is 22.5. The molecule has 32 heavy (non-hydrogen) atoms. The molecule has 1 amide bonds. The van der Waals surface area contributed by atoms with Gasteiger partial charge in [-0.3, -0.25) is 9.78 Å². The third-order valence-corrected chi connectivity index (χ3v) is 4.89. The largest absolute Gasteiger partial charge is 0.370 e. The normalized spacial score (nSPS) is 10.4. The summed E-state index contributed by atoms with van der Waals surface area (Å²) in [6.07, 6.45) is 2.84. The van der Waals surface area contributed by atoms with Crippen LogP contribution in [0.3, 0.4) is 0 Å². The number of nitrogens with one attached hydrogen (secondary N) is 1. The second-order valence-electron chi connectivity index (χ2n) is 6.93. The molecule has 0 bridgehead atoms. The van der Waals surface area contributed by atoms with Gasteiger partial charge in [0.05, 0.1) is 16.8 Å². The monoisotopic (exact) mass is 427 g/mol. The first kappa shape index (κ1) is 20.9. The molecular weight excluding hydrogens is 409 g/mol. The Kier molecular flexibility index (Phi) is 6.00. The summed E-state index contributed by atoms with van der Waals surface area (Å²) in [5.74, 6) is 3.32. The van der Waals surface area contributed by atoms with E-state index in [0.29, 0.717) is 11.1 Å². The number of aromatic nitrogens is 1. The van der Waals surface area contributed by atoms with Crippen LogP contribution in [0.25, 0.3) is 22.3 Å². The SMILES string of the molecule is NOC(=O)c1ccc(-c2ccccc2)cc1NC(=O)c1cncc(-c2ccccc2F)c1. The van der Waals surface area contributed by atoms with Crippen LogP contribution in [-0.2, 0) is 4.84 Å². The van der Waals surface area contributed by atoms with Crippen molar-refractivity contribution in [1.82, 2.24) is 4.98 Å². The van der Waals surface area contributed by atoms with E-state index in [1.54, 1.807) is 30.3 Å². The smallest absolute Gasteiger partial charge is 0.358 e. The van der Waals surface area contributed by atoms with Crippen LogP contribution in [0.4, 0.5) is 10.1 Å². The third kappa shape index (κ3) is 4.38. The summed E-state index contributed by atoms with van der Waals surface area (Å²) in [7, 11) is 0. The fraction of sp³-hybridized carbons (Fsp3) is 0. The predicted octanol–water partition coefficient (Wildman–Crippen LogP) is 4.84. The topological polar surface area (TPSA) is 94.3 Å². The van der Waals surface area contributed by atoms with Crippen molar-refractivity contribution in [2.45, 2.75) is 0 Å². The Labute approximate surface area is 183 Å². The first-order valence-corrected chi connectivity index (χ1v) is 9.68. The van der Waals surface area contributed by atoms with E-state index >= 15 is 0 Å². The van der Waals surface area contributed by atoms with E-state index in [0.717, 1.165) is 11.1 Å². The molecule has 0 atom stereocenters. The van der Waals surface area contributed by atoms with Gasteiger partial charge in [0.25, 0.3) is 5.91 Å². The number of benzene rings is 3. The Bertz CT molecular complexity index is 1290. The summed E-state index contributed by atoms with van der Waals surface area (Å²) >= 11 is 0. The van der Waals surface area contributed by atoms with Crippen LogP contribution in [-0.4, -0.2) is 16.9 Å². The Balaban J connectivity index is 1.69. The average Bonchev–Trinajstić information content (AvgIpc) is 2.84. The van der Waals surface area contributed by atoms with Crippen molar-refractivity contribution in [3.05, 3.63) is 108 Å². The van der Waals surface area contributed by atoms with Crippen LogP contribution >= 0.6 is 0 Å². The van der Waals surface area contributed by atoms with Gasteiger partial charge in [0, 0.05) is 23.5 Å². The first-order chi connectivity index (χ1) is 15.6. The number of halogens is 1. The van der Waals surface area contributed by atoms with Crippen LogP contribution < -0.4 is 11.2 Å². The lowest BCUT2D eigenvalue weighted by Crippen LogP contribution is -2.17. The van der Waals surface area contributed by atoms with E-state index in [-0.39, 0.29) is 16.8 Å². The van der Waals surface area contributed by atoms with Crippen molar-refractivity contribution < 1.29 is 18.8 Å². The number of nitrogens with zero attached hydrogens (tertiary/aromatic N) is 1. The van der Waals surface area contributed by atoms with E-state index in [4.69, 9.17) is 5.90 Å². The van der Waals surface area contributed by atoms with E-state index in [9.17, 15) is 14.0 Å². The predicted molar refractivity (Wildman–Crippen MR) is 119 cm³/mol. The number of hydrogen-bond donors (Lipinski definition) is 2. The maximum atomic E-state index is 14.1. The van der Waals surface area contributed by atoms with Crippen molar-refractivity contribution in [3.63, 3.8) is 0 Å². The fourth-order valence-electron chi connectivity index (χ4n) is 3.30. The molecule has 0 saturated heterocycles. The van der Waals surface area contributed by atoms with E-state index in [1.165, 1.54) is 30.6 Å². The lowest BCUT2D eigenvalue weighted by Gasteiger charge is -2.12. The highest BCUT2D eigenvalue weighted by molar-refractivity contribution is 6.08. The molecule has 0 fully saturated rings. The number of carbonyl (C=O) groups excluding carboxylic acids is 2. The Morgan fingerprint density at radius 2 is 1.59 bits per heavy atom. The number of hydrogen-bond acceptors (Lipinski definition) is 5. The Morgan fingerprint density at radius 1 is 0.844 bits per heavy atom. The molecule has 3 N–H and O–H groups in total. The molecule has 0 spiro atoms. The molecule has 0 aliphatic carbocycles. The van der Waals surface area contributed by atoms with Gasteiger partial charge in [-0.05, 0) is 35.4 Å². The molecule has 0 aliphatic rings. The highest BCUT2D eigenvalue weighted by atomic mass is 19.1. The standard InChI is InChI=1S/C25H18FN3O3/c26-22-9-5-4-8-20(22)18-12-19(15-28-14-18)24(30)29-23-13-17(16-6-2-1-3-7-16)10-11-21(23)25(31)32-27/h1-15H,27H2,(H,29,30).